The van der Waals surface area contributed by atoms with E-state index in [2.05, 4.69) is 0 Å². The molecule has 0 bridgehead atoms. The van der Waals surface area contributed by atoms with Crippen LogP contribution < -0.4 is 4.81 Å². The molecule has 4 nitrogen and oxygen atoms in total. The van der Waals surface area contributed by atoms with Crippen molar-refractivity contribution in [3.63, 3.8) is 0 Å². The van der Waals surface area contributed by atoms with E-state index in [1.807, 2.05) is 0 Å². The highest BCUT2D eigenvalue weighted by molar-refractivity contribution is 6.36. The molecule has 2 aromatic rings. The fourth-order valence-electron chi connectivity index (χ4n) is 1.75. The number of nitrogens with zero attached hydrogens (tertiary/aromatic N) is 1. The van der Waals surface area contributed by atoms with Crippen molar-refractivity contribution in [2.75, 3.05) is 0 Å². The van der Waals surface area contributed by atoms with Gasteiger partial charge in [0.15, 0.2) is 5.75 Å². The summed E-state index contributed by atoms with van der Waals surface area (Å²) in [4.78, 5) is -1.65. The van der Waals surface area contributed by atoms with Crippen LogP contribution in [0, 0.1) is 6.92 Å². The second kappa shape index (κ2) is 5.00. The monoisotopic (exact) mass is 300 g/mol. The zero-order chi connectivity index (χ0) is 14.2. The Balaban J connectivity index is 2.61. The smallest absolute Gasteiger partial charge is 0.247 e. The van der Waals surface area contributed by atoms with E-state index in [4.69, 9.17) is 23.2 Å². The lowest BCUT2D eigenvalue weighted by molar-refractivity contribution is -0.245. The molecular weight excluding hydrogens is 289 g/mol. The number of hydrogen-bond acceptors (Lipinski definition) is 3. The summed E-state index contributed by atoms with van der Waals surface area (Å²) in [7, 11) is 0. The minimum Gasteiger partial charge on any atom is -0.503 e. The second-order valence-electron chi connectivity index (χ2n) is 4.19. The van der Waals surface area contributed by atoms with E-state index < -0.39 is 4.81 Å². The minimum atomic E-state index is -1.65. The Bertz CT molecular complexity index is 629. The average Bonchev–Trinajstić information content (AvgIpc) is 2.31. The standard InChI is InChI=1S/C13H11Cl2NO3/c1-8-2-5-13(17)12(6-8)16(18,19)11-4-3-9(14)7-10(11)15/h2-7,18-19H,1H3/p+1. The first-order valence-corrected chi connectivity index (χ1v) is 6.18. The van der Waals surface area contributed by atoms with Gasteiger partial charge in [-0.25, -0.2) is 0 Å². The zero-order valence-corrected chi connectivity index (χ0v) is 11.5. The summed E-state index contributed by atoms with van der Waals surface area (Å²) in [5, 5.41) is 30.7. The molecule has 0 heterocycles. The lowest BCUT2D eigenvalue weighted by atomic mass is 10.2. The normalized spacial score (nSPS) is 11.6. The van der Waals surface area contributed by atoms with Crippen LogP contribution in [0.2, 0.25) is 10.0 Å². The number of rotatable bonds is 2. The SMILES string of the molecule is Cc1ccc(O)c([N+](O)(O)c2ccc(Cl)cc2Cl)c1. The highest BCUT2D eigenvalue weighted by atomic mass is 35.5. The number of benzene rings is 2. The number of hydrogen-bond donors (Lipinski definition) is 3. The maximum atomic E-state index is 10.2. The fraction of sp³-hybridized carbons (Fsp3) is 0.0769. The summed E-state index contributed by atoms with van der Waals surface area (Å²) in [5.41, 5.74) is 0.666. The number of quaternary nitrogens is 1. The Morgan fingerprint density at radius 3 is 2.26 bits per heavy atom. The molecule has 6 heteroatoms. The summed E-state index contributed by atoms with van der Waals surface area (Å²) >= 11 is 11.7. The molecule has 19 heavy (non-hydrogen) atoms. The Kier molecular flexibility index (Phi) is 3.71. The highest BCUT2D eigenvalue weighted by Crippen LogP contribution is 2.41. The first-order valence-electron chi connectivity index (χ1n) is 5.42. The van der Waals surface area contributed by atoms with Gasteiger partial charge in [0.25, 0.3) is 0 Å². The van der Waals surface area contributed by atoms with Crippen molar-refractivity contribution in [2.45, 2.75) is 6.92 Å². The lowest BCUT2D eigenvalue weighted by Gasteiger charge is -2.22. The second-order valence-corrected chi connectivity index (χ2v) is 5.03. The van der Waals surface area contributed by atoms with Crippen molar-refractivity contribution in [1.29, 1.82) is 0 Å². The Morgan fingerprint density at radius 2 is 1.63 bits per heavy atom. The van der Waals surface area contributed by atoms with E-state index in [9.17, 15) is 15.5 Å². The Labute approximate surface area is 120 Å². The highest BCUT2D eigenvalue weighted by Gasteiger charge is 2.36. The summed E-state index contributed by atoms with van der Waals surface area (Å²) in [6, 6.07) is 8.75. The molecule has 0 saturated carbocycles. The van der Waals surface area contributed by atoms with Crippen molar-refractivity contribution in [3.05, 3.63) is 52.0 Å². The maximum Gasteiger partial charge on any atom is 0.247 e. The topological polar surface area (TPSA) is 60.7 Å². The molecule has 0 amide bonds. The van der Waals surface area contributed by atoms with Gasteiger partial charge in [-0.15, -0.1) is 0 Å². The molecular formula is C13H12Cl2NO3+. The molecule has 0 aromatic heterocycles. The van der Waals surface area contributed by atoms with Crippen LogP contribution in [0.3, 0.4) is 0 Å². The van der Waals surface area contributed by atoms with Crippen molar-refractivity contribution >= 4 is 34.6 Å². The molecule has 0 aliphatic carbocycles. The molecule has 0 unspecified atom stereocenters. The van der Waals surface area contributed by atoms with Gasteiger partial charge in [-0.05, 0) is 30.7 Å². The Hall–Kier alpha value is -1.30. The average molecular weight is 301 g/mol. The van der Waals surface area contributed by atoms with Gasteiger partial charge in [0.05, 0.1) is 0 Å². The van der Waals surface area contributed by atoms with Crippen LogP contribution in [0.15, 0.2) is 36.4 Å². The van der Waals surface area contributed by atoms with Crippen molar-refractivity contribution in [2.24, 2.45) is 0 Å². The summed E-state index contributed by atoms with van der Waals surface area (Å²) in [6.07, 6.45) is 0. The van der Waals surface area contributed by atoms with E-state index >= 15 is 0 Å². The molecule has 0 spiro atoms. The van der Waals surface area contributed by atoms with Gasteiger partial charge in [0, 0.05) is 22.0 Å². The maximum absolute atomic E-state index is 10.2. The predicted octanol–water partition coefficient (Wildman–Crippen LogP) is 4.42. The number of aryl methyl sites for hydroxylation is 1. The predicted molar refractivity (Wildman–Crippen MR) is 74.3 cm³/mol. The van der Waals surface area contributed by atoms with E-state index in [0.29, 0.717) is 5.02 Å². The summed E-state index contributed by atoms with van der Waals surface area (Å²) in [6.45, 7) is 1.77. The largest absolute Gasteiger partial charge is 0.503 e. The number of aromatic hydroxyl groups is 1. The van der Waals surface area contributed by atoms with Crippen LogP contribution in [0.4, 0.5) is 11.4 Å². The van der Waals surface area contributed by atoms with Gasteiger partial charge >= 0.3 is 0 Å². The van der Waals surface area contributed by atoms with Crippen LogP contribution in [0.5, 0.6) is 5.75 Å². The molecule has 100 valence electrons. The van der Waals surface area contributed by atoms with Crippen LogP contribution in [-0.2, 0) is 0 Å². The Morgan fingerprint density at radius 1 is 0.947 bits per heavy atom. The molecule has 0 aliphatic heterocycles. The first kappa shape index (κ1) is 14.1. The molecule has 3 N–H and O–H groups in total. The van der Waals surface area contributed by atoms with Crippen molar-refractivity contribution in [3.8, 4) is 5.75 Å². The first-order chi connectivity index (χ1) is 8.82. The summed E-state index contributed by atoms with van der Waals surface area (Å²) in [5.74, 6) is -0.249. The zero-order valence-electron chi connectivity index (χ0n) is 10.0. The molecule has 2 aromatic carbocycles. The van der Waals surface area contributed by atoms with Gasteiger partial charge in [-0.2, -0.15) is 10.4 Å². The van der Waals surface area contributed by atoms with Gasteiger partial charge < -0.3 is 5.11 Å². The van der Waals surface area contributed by atoms with Crippen molar-refractivity contribution in [1.82, 2.24) is 4.81 Å². The van der Waals surface area contributed by atoms with Gasteiger partial charge in [0.2, 0.25) is 11.4 Å². The van der Waals surface area contributed by atoms with E-state index in [0.717, 1.165) is 5.56 Å². The van der Waals surface area contributed by atoms with Crippen LogP contribution in [0.1, 0.15) is 5.56 Å². The van der Waals surface area contributed by atoms with Crippen LogP contribution >= 0.6 is 23.2 Å². The lowest BCUT2D eigenvalue weighted by Crippen LogP contribution is -2.36. The van der Waals surface area contributed by atoms with Crippen LogP contribution in [-0.4, -0.2) is 15.5 Å². The molecule has 0 aliphatic rings. The third-order valence-corrected chi connectivity index (χ3v) is 3.25. The molecule has 0 atom stereocenters. The van der Waals surface area contributed by atoms with Gasteiger partial charge in [0.1, 0.15) is 5.02 Å². The third kappa shape index (κ3) is 2.68. The summed E-state index contributed by atoms with van der Waals surface area (Å²) < 4.78 is 0. The minimum absolute atomic E-state index is 0.00744. The number of halogens is 2. The van der Waals surface area contributed by atoms with E-state index in [1.165, 1.54) is 30.3 Å². The van der Waals surface area contributed by atoms with E-state index in [1.54, 1.807) is 13.0 Å². The molecule has 0 saturated heterocycles. The fourth-order valence-corrected chi connectivity index (χ4v) is 2.27. The number of phenolic OH excluding ortho intramolecular Hbond substituents is 1. The number of phenols is 1. The molecule has 0 radical (unpaired) electrons. The van der Waals surface area contributed by atoms with Gasteiger partial charge in [-0.3, -0.25) is 0 Å². The third-order valence-electron chi connectivity index (χ3n) is 2.71. The molecule has 2 rings (SSSR count). The quantitative estimate of drug-likeness (QED) is 0.568. The van der Waals surface area contributed by atoms with Gasteiger partial charge in [-0.1, -0.05) is 29.3 Å². The van der Waals surface area contributed by atoms with E-state index in [-0.39, 0.29) is 22.1 Å². The van der Waals surface area contributed by atoms with Crippen molar-refractivity contribution < 1.29 is 15.5 Å². The molecule has 0 fully saturated rings. The van der Waals surface area contributed by atoms with Crippen LogP contribution in [0.25, 0.3) is 0 Å².